The number of amides is 1. The number of piperazine rings is 1. The van der Waals surface area contributed by atoms with Gasteiger partial charge in [-0.15, -0.1) is 15.3 Å². The lowest BCUT2D eigenvalue weighted by Crippen LogP contribution is -2.50. The molecule has 0 atom stereocenters. The molecule has 8 heteroatoms. The highest BCUT2D eigenvalue weighted by atomic mass is 35.5. The number of benzene rings is 1. The van der Waals surface area contributed by atoms with E-state index in [9.17, 15) is 4.79 Å². The van der Waals surface area contributed by atoms with E-state index in [-0.39, 0.29) is 5.91 Å². The van der Waals surface area contributed by atoms with Crippen molar-refractivity contribution in [2.75, 3.05) is 24.5 Å². The maximum absolute atomic E-state index is 12.6. The van der Waals surface area contributed by atoms with Gasteiger partial charge in [-0.2, -0.15) is 4.52 Å². The SMILES string of the molecule is O=C1CN(c2ccc3nnc(C4CC4)n3n2)CCN1Cc1ccc(Cl)cc1. The Labute approximate surface area is 161 Å². The fourth-order valence-electron chi connectivity index (χ4n) is 3.44. The molecule has 1 aromatic carbocycles. The number of aromatic nitrogens is 4. The zero-order chi connectivity index (χ0) is 18.4. The summed E-state index contributed by atoms with van der Waals surface area (Å²) in [7, 11) is 0. The second-order valence-corrected chi connectivity index (χ2v) is 7.59. The Hall–Kier alpha value is -2.67. The van der Waals surface area contributed by atoms with Crippen molar-refractivity contribution in [1.82, 2.24) is 24.7 Å². The number of nitrogens with zero attached hydrogens (tertiary/aromatic N) is 6. The van der Waals surface area contributed by atoms with E-state index < -0.39 is 0 Å². The van der Waals surface area contributed by atoms with Crippen LogP contribution in [-0.2, 0) is 11.3 Å². The summed E-state index contributed by atoms with van der Waals surface area (Å²) < 4.78 is 1.83. The molecule has 0 spiro atoms. The molecule has 1 saturated heterocycles. The lowest BCUT2D eigenvalue weighted by molar-refractivity contribution is -0.131. The largest absolute Gasteiger partial charge is 0.344 e. The third-order valence-corrected chi connectivity index (χ3v) is 5.40. The predicted molar refractivity (Wildman–Crippen MR) is 102 cm³/mol. The molecular weight excluding hydrogens is 364 g/mol. The summed E-state index contributed by atoms with van der Waals surface area (Å²) >= 11 is 5.93. The average Bonchev–Trinajstić information content (AvgIpc) is 3.44. The topological polar surface area (TPSA) is 66.6 Å². The van der Waals surface area contributed by atoms with Crippen LogP contribution in [-0.4, -0.2) is 50.3 Å². The quantitative estimate of drug-likeness (QED) is 0.693. The molecule has 2 fully saturated rings. The van der Waals surface area contributed by atoms with Gasteiger partial charge in [-0.1, -0.05) is 23.7 Å². The number of anilines is 1. The Balaban J connectivity index is 1.31. The van der Waals surface area contributed by atoms with Gasteiger partial charge in [-0.25, -0.2) is 0 Å². The van der Waals surface area contributed by atoms with Crippen LogP contribution in [0.15, 0.2) is 36.4 Å². The fourth-order valence-corrected chi connectivity index (χ4v) is 3.57. The number of carbonyl (C=O) groups is 1. The van der Waals surface area contributed by atoms with Crippen LogP contribution in [0.1, 0.15) is 30.1 Å². The van der Waals surface area contributed by atoms with Crippen molar-refractivity contribution in [1.29, 1.82) is 0 Å². The molecule has 5 rings (SSSR count). The van der Waals surface area contributed by atoms with Gasteiger partial charge in [0.25, 0.3) is 0 Å². The molecule has 1 saturated carbocycles. The second kappa shape index (κ2) is 6.49. The van der Waals surface area contributed by atoms with E-state index in [1.807, 2.05) is 50.7 Å². The molecule has 0 N–H and O–H groups in total. The highest BCUT2D eigenvalue weighted by molar-refractivity contribution is 6.30. The molecular formula is C19H19ClN6O. The molecule has 0 bridgehead atoms. The number of hydrogen-bond acceptors (Lipinski definition) is 5. The number of hydrogen-bond donors (Lipinski definition) is 0. The average molecular weight is 383 g/mol. The third-order valence-electron chi connectivity index (χ3n) is 5.14. The molecule has 1 aliphatic carbocycles. The summed E-state index contributed by atoms with van der Waals surface area (Å²) in [5.41, 5.74) is 1.84. The minimum atomic E-state index is 0.101. The van der Waals surface area contributed by atoms with Gasteiger partial charge < -0.3 is 9.80 Å². The van der Waals surface area contributed by atoms with Gasteiger partial charge in [-0.3, -0.25) is 4.79 Å². The van der Waals surface area contributed by atoms with Crippen LogP contribution >= 0.6 is 11.6 Å². The Morgan fingerprint density at radius 1 is 1.04 bits per heavy atom. The maximum Gasteiger partial charge on any atom is 0.242 e. The van der Waals surface area contributed by atoms with Gasteiger partial charge in [0.2, 0.25) is 5.91 Å². The van der Waals surface area contributed by atoms with Crippen LogP contribution in [0.25, 0.3) is 5.65 Å². The predicted octanol–water partition coefficient (Wildman–Crippen LogP) is 2.50. The van der Waals surface area contributed by atoms with Crippen molar-refractivity contribution in [3.8, 4) is 0 Å². The molecule has 2 aromatic heterocycles. The normalized spacial score (nSPS) is 17.7. The molecule has 3 aromatic rings. The van der Waals surface area contributed by atoms with Gasteiger partial charge in [0.05, 0.1) is 6.54 Å². The molecule has 27 heavy (non-hydrogen) atoms. The maximum atomic E-state index is 12.6. The van der Waals surface area contributed by atoms with Gasteiger partial charge in [0.1, 0.15) is 5.82 Å². The highest BCUT2D eigenvalue weighted by Crippen LogP contribution is 2.38. The zero-order valence-corrected chi connectivity index (χ0v) is 15.5. The van der Waals surface area contributed by atoms with Crippen LogP contribution < -0.4 is 4.90 Å². The first-order valence-electron chi connectivity index (χ1n) is 9.17. The van der Waals surface area contributed by atoms with Crippen LogP contribution in [0.4, 0.5) is 5.82 Å². The number of fused-ring (bicyclic) bond motifs is 1. The van der Waals surface area contributed by atoms with Crippen LogP contribution in [0.2, 0.25) is 5.02 Å². The molecule has 7 nitrogen and oxygen atoms in total. The molecule has 2 aliphatic rings. The monoisotopic (exact) mass is 382 g/mol. The standard InChI is InChI=1S/C19H19ClN6O/c20-15-5-1-13(2-6-15)11-25-10-9-24(12-18(25)27)17-8-7-16-21-22-19(14-3-4-14)26(16)23-17/h1-2,5-8,14H,3-4,9-12H2. The molecule has 1 aliphatic heterocycles. The van der Waals surface area contributed by atoms with Gasteiger partial charge in [0.15, 0.2) is 11.5 Å². The first-order chi connectivity index (χ1) is 13.2. The Morgan fingerprint density at radius 2 is 1.85 bits per heavy atom. The second-order valence-electron chi connectivity index (χ2n) is 7.16. The molecule has 1 amide bonds. The minimum Gasteiger partial charge on any atom is -0.344 e. The summed E-state index contributed by atoms with van der Waals surface area (Å²) in [5.74, 6) is 2.30. The van der Waals surface area contributed by atoms with E-state index in [0.29, 0.717) is 30.6 Å². The van der Waals surface area contributed by atoms with E-state index in [0.717, 1.165) is 42.2 Å². The van der Waals surface area contributed by atoms with Gasteiger partial charge in [0, 0.05) is 30.6 Å². The van der Waals surface area contributed by atoms with Crippen molar-refractivity contribution in [3.05, 3.63) is 52.8 Å². The summed E-state index contributed by atoms with van der Waals surface area (Å²) in [4.78, 5) is 16.6. The summed E-state index contributed by atoms with van der Waals surface area (Å²) in [6, 6.07) is 11.5. The van der Waals surface area contributed by atoms with Crippen LogP contribution in [0, 0.1) is 0 Å². The minimum absolute atomic E-state index is 0.101. The van der Waals surface area contributed by atoms with Crippen LogP contribution in [0.3, 0.4) is 0 Å². The van der Waals surface area contributed by atoms with Crippen molar-refractivity contribution < 1.29 is 4.79 Å². The number of rotatable bonds is 4. The van der Waals surface area contributed by atoms with E-state index >= 15 is 0 Å². The fraction of sp³-hybridized carbons (Fsp3) is 0.368. The van der Waals surface area contributed by atoms with Crippen molar-refractivity contribution in [2.24, 2.45) is 0 Å². The third kappa shape index (κ3) is 3.23. The molecule has 138 valence electrons. The van der Waals surface area contributed by atoms with E-state index in [1.54, 1.807) is 0 Å². The molecule has 0 radical (unpaired) electrons. The zero-order valence-electron chi connectivity index (χ0n) is 14.8. The first-order valence-corrected chi connectivity index (χ1v) is 9.55. The summed E-state index contributed by atoms with van der Waals surface area (Å²) in [6.07, 6.45) is 2.29. The summed E-state index contributed by atoms with van der Waals surface area (Å²) in [5, 5.41) is 13.9. The summed E-state index contributed by atoms with van der Waals surface area (Å²) in [6.45, 7) is 2.35. The van der Waals surface area contributed by atoms with Crippen molar-refractivity contribution >= 4 is 29.0 Å². The lowest BCUT2D eigenvalue weighted by Gasteiger charge is -2.35. The van der Waals surface area contributed by atoms with Gasteiger partial charge in [-0.05, 0) is 42.7 Å². The van der Waals surface area contributed by atoms with E-state index in [4.69, 9.17) is 16.7 Å². The van der Waals surface area contributed by atoms with Gasteiger partial charge >= 0.3 is 0 Å². The molecule has 3 heterocycles. The smallest absolute Gasteiger partial charge is 0.242 e. The first kappa shape index (κ1) is 16.5. The highest BCUT2D eigenvalue weighted by Gasteiger charge is 2.30. The Morgan fingerprint density at radius 3 is 2.59 bits per heavy atom. The lowest BCUT2D eigenvalue weighted by atomic mass is 10.2. The Bertz CT molecular complexity index is 997. The molecule has 0 unspecified atom stereocenters. The van der Waals surface area contributed by atoms with E-state index in [2.05, 4.69) is 10.2 Å². The Kier molecular flexibility index (Phi) is 3.97. The van der Waals surface area contributed by atoms with E-state index in [1.165, 1.54) is 0 Å². The number of halogens is 1. The van der Waals surface area contributed by atoms with Crippen molar-refractivity contribution in [3.63, 3.8) is 0 Å². The van der Waals surface area contributed by atoms with Crippen LogP contribution in [0.5, 0.6) is 0 Å². The number of carbonyl (C=O) groups excluding carboxylic acids is 1. The van der Waals surface area contributed by atoms with Crippen molar-refractivity contribution in [2.45, 2.75) is 25.3 Å².